The summed E-state index contributed by atoms with van der Waals surface area (Å²) in [5.74, 6) is 0.309. The van der Waals surface area contributed by atoms with Crippen LogP contribution >= 0.6 is 12.4 Å². The fraction of sp³-hybridized carbons (Fsp3) is 0.464. The molecule has 1 atom stereocenters. The largest absolute Gasteiger partial charge is 0.489 e. The van der Waals surface area contributed by atoms with Gasteiger partial charge in [-0.25, -0.2) is 0 Å². The number of amides is 1. The minimum atomic E-state index is -0.520. The number of hydrogen-bond acceptors (Lipinski definition) is 6. The number of rotatable bonds is 9. The molecule has 2 aromatic carbocycles. The average molecular weight is 513 g/mol. The van der Waals surface area contributed by atoms with Crippen molar-refractivity contribution in [2.75, 3.05) is 19.7 Å². The van der Waals surface area contributed by atoms with Crippen molar-refractivity contribution in [2.45, 2.75) is 64.4 Å². The van der Waals surface area contributed by atoms with Gasteiger partial charge in [0.25, 0.3) is 5.91 Å². The summed E-state index contributed by atoms with van der Waals surface area (Å²) >= 11 is 0. The maximum atomic E-state index is 13.0. The first kappa shape index (κ1) is 26.3. The van der Waals surface area contributed by atoms with E-state index in [0.29, 0.717) is 43.4 Å². The van der Waals surface area contributed by atoms with E-state index >= 15 is 0 Å². The number of ketones is 2. The van der Waals surface area contributed by atoms with Crippen LogP contribution in [0, 0.1) is 0 Å². The Bertz CT molecular complexity index is 1110. The monoisotopic (exact) mass is 512 g/mol. The highest BCUT2D eigenvalue weighted by Crippen LogP contribution is 2.34. The number of carbonyl (C=O) groups is 3. The minimum absolute atomic E-state index is 0. The van der Waals surface area contributed by atoms with Gasteiger partial charge < -0.3 is 14.4 Å². The maximum Gasteiger partial charge on any atom is 0.255 e. The molecule has 7 nitrogen and oxygen atoms in total. The summed E-state index contributed by atoms with van der Waals surface area (Å²) in [6.45, 7) is 6.60. The smallest absolute Gasteiger partial charge is 0.255 e. The van der Waals surface area contributed by atoms with Crippen molar-refractivity contribution in [1.82, 2.24) is 9.80 Å². The molecule has 2 fully saturated rings. The second-order valence-corrected chi connectivity index (χ2v) is 9.74. The van der Waals surface area contributed by atoms with Crippen LogP contribution in [0.3, 0.4) is 0 Å². The van der Waals surface area contributed by atoms with Crippen LogP contribution in [0.5, 0.6) is 5.75 Å². The molecule has 5 rings (SSSR count). The molecule has 2 aliphatic heterocycles. The molecule has 0 N–H and O–H groups in total. The molecule has 0 aromatic heterocycles. The van der Waals surface area contributed by atoms with E-state index in [0.717, 1.165) is 43.8 Å². The van der Waals surface area contributed by atoms with E-state index in [9.17, 15) is 14.4 Å². The van der Waals surface area contributed by atoms with Crippen molar-refractivity contribution in [3.8, 4) is 5.75 Å². The summed E-state index contributed by atoms with van der Waals surface area (Å²) in [4.78, 5) is 41.0. The SMILES string of the molecule is CCCOC1CN(Cc2ccc(COc3cccc4c3CN(C3CCC(=O)CC3=O)C4=O)cc2)C1.Cl. The van der Waals surface area contributed by atoms with Gasteiger partial charge in [0.05, 0.1) is 25.1 Å². The van der Waals surface area contributed by atoms with Crippen LogP contribution in [-0.2, 0) is 34.0 Å². The Morgan fingerprint density at radius 2 is 1.75 bits per heavy atom. The predicted molar refractivity (Wildman–Crippen MR) is 137 cm³/mol. The normalized spacial score (nSPS) is 20.2. The molecular weight excluding hydrogens is 480 g/mol. The lowest BCUT2D eigenvalue weighted by molar-refractivity contribution is -0.133. The minimum Gasteiger partial charge on any atom is -0.489 e. The molecule has 8 heteroatoms. The maximum absolute atomic E-state index is 13.0. The average Bonchev–Trinajstić information content (AvgIpc) is 3.16. The first-order valence-electron chi connectivity index (χ1n) is 12.5. The summed E-state index contributed by atoms with van der Waals surface area (Å²) in [5, 5.41) is 0. The van der Waals surface area contributed by atoms with E-state index in [4.69, 9.17) is 9.47 Å². The first-order valence-corrected chi connectivity index (χ1v) is 12.5. The van der Waals surface area contributed by atoms with Crippen LogP contribution in [-0.4, -0.2) is 59.1 Å². The molecule has 1 aliphatic carbocycles. The van der Waals surface area contributed by atoms with Crippen molar-refractivity contribution in [1.29, 1.82) is 0 Å². The van der Waals surface area contributed by atoms with Gasteiger partial charge >= 0.3 is 0 Å². The molecule has 1 saturated carbocycles. The highest BCUT2D eigenvalue weighted by Gasteiger charge is 2.40. The molecule has 2 heterocycles. The standard InChI is InChI=1S/C28H32N2O5.ClH/c1-2-12-34-22-15-29(16-22)14-19-6-8-20(9-7-19)18-35-27-5-3-4-23-24(27)17-30(28(23)33)25-11-10-21(31)13-26(25)32;/h3-9,22,25H,2,10-18H2,1H3;1H. The van der Waals surface area contributed by atoms with E-state index in [2.05, 4.69) is 36.1 Å². The van der Waals surface area contributed by atoms with E-state index in [-0.39, 0.29) is 36.3 Å². The molecule has 36 heavy (non-hydrogen) atoms. The quantitative estimate of drug-likeness (QED) is 0.474. The Kier molecular flexibility index (Phi) is 8.44. The van der Waals surface area contributed by atoms with Crippen molar-refractivity contribution in [2.24, 2.45) is 0 Å². The Balaban J connectivity index is 0.00000304. The third kappa shape index (κ3) is 5.64. The van der Waals surface area contributed by atoms with Gasteiger partial charge in [-0.3, -0.25) is 19.3 Å². The number of Topliss-reactive ketones (excluding diaryl/α,β-unsaturated/α-hetero) is 2. The second kappa shape index (κ2) is 11.5. The Morgan fingerprint density at radius 1 is 1.00 bits per heavy atom. The van der Waals surface area contributed by atoms with E-state index in [1.54, 1.807) is 11.0 Å². The highest BCUT2D eigenvalue weighted by molar-refractivity contribution is 6.07. The van der Waals surface area contributed by atoms with Gasteiger partial charge in [0.1, 0.15) is 18.1 Å². The fourth-order valence-corrected chi connectivity index (χ4v) is 5.10. The fourth-order valence-electron chi connectivity index (χ4n) is 5.10. The topological polar surface area (TPSA) is 76.2 Å². The number of fused-ring (bicyclic) bond motifs is 1. The lowest BCUT2D eigenvalue weighted by Gasteiger charge is -2.39. The second-order valence-electron chi connectivity index (χ2n) is 9.74. The van der Waals surface area contributed by atoms with Crippen LogP contribution in [0.2, 0.25) is 0 Å². The highest BCUT2D eigenvalue weighted by atomic mass is 35.5. The summed E-state index contributed by atoms with van der Waals surface area (Å²) in [6, 6.07) is 13.4. The van der Waals surface area contributed by atoms with Crippen LogP contribution in [0.4, 0.5) is 0 Å². The predicted octanol–water partition coefficient (Wildman–Crippen LogP) is 3.94. The van der Waals surface area contributed by atoms with Crippen molar-refractivity contribution in [3.05, 3.63) is 64.7 Å². The molecular formula is C28H33ClN2O5. The van der Waals surface area contributed by atoms with Crippen LogP contribution in [0.25, 0.3) is 0 Å². The number of hydrogen-bond donors (Lipinski definition) is 0. The zero-order valence-corrected chi connectivity index (χ0v) is 21.4. The molecule has 2 aromatic rings. The molecule has 1 amide bonds. The van der Waals surface area contributed by atoms with Gasteiger partial charge in [-0.2, -0.15) is 0 Å². The molecule has 3 aliphatic rings. The van der Waals surface area contributed by atoms with Gasteiger partial charge in [0.2, 0.25) is 0 Å². The van der Waals surface area contributed by atoms with Gasteiger partial charge in [-0.1, -0.05) is 37.3 Å². The number of ether oxygens (including phenoxy) is 2. The van der Waals surface area contributed by atoms with Gasteiger partial charge in [-0.15, -0.1) is 12.4 Å². The van der Waals surface area contributed by atoms with E-state index in [1.165, 1.54) is 5.56 Å². The molecule has 0 bridgehead atoms. The van der Waals surface area contributed by atoms with Crippen molar-refractivity contribution in [3.63, 3.8) is 0 Å². The van der Waals surface area contributed by atoms with E-state index < -0.39 is 6.04 Å². The van der Waals surface area contributed by atoms with Gasteiger partial charge in [0.15, 0.2) is 5.78 Å². The van der Waals surface area contributed by atoms with Crippen LogP contribution in [0.15, 0.2) is 42.5 Å². The van der Waals surface area contributed by atoms with Gasteiger partial charge in [-0.05, 0) is 36.1 Å². The lowest BCUT2D eigenvalue weighted by Crippen LogP contribution is -2.51. The molecule has 1 unspecified atom stereocenters. The summed E-state index contributed by atoms with van der Waals surface area (Å²) in [5.41, 5.74) is 3.72. The Morgan fingerprint density at radius 3 is 2.47 bits per heavy atom. The van der Waals surface area contributed by atoms with E-state index in [1.807, 2.05) is 12.1 Å². The Hall–Kier alpha value is -2.74. The lowest BCUT2D eigenvalue weighted by atomic mass is 9.92. The third-order valence-corrected chi connectivity index (χ3v) is 7.07. The van der Waals surface area contributed by atoms with Crippen LogP contribution in [0.1, 0.15) is 59.7 Å². The number of benzene rings is 2. The first-order chi connectivity index (χ1) is 17.0. The molecule has 0 radical (unpaired) electrons. The number of halogens is 1. The zero-order chi connectivity index (χ0) is 24.4. The van der Waals surface area contributed by atoms with Crippen molar-refractivity contribution < 1.29 is 23.9 Å². The summed E-state index contributed by atoms with van der Waals surface area (Å²) < 4.78 is 11.9. The number of nitrogens with zero attached hydrogens (tertiary/aromatic N) is 2. The van der Waals surface area contributed by atoms with Gasteiger partial charge in [0, 0.05) is 43.8 Å². The molecule has 0 spiro atoms. The number of likely N-dealkylation sites (tertiary alicyclic amines) is 1. The summed E-state index contributed by atoms with van der Waals surface area (Å²) in [6.07, 6.45) is 2.11. The van der Waals surface area contributed by atoms with Crippen LogP contribution < -0.4 is 4.74 Å². The zero-order valence-electron chi connectivity index (χ0n) is 20.6. The Labute approximate surface area is 218 Å². The third-order valence-electron chi connectivity index (χ3n) is 7.07. The molecule has 1 saturated heterocycles. The summed E-state index contributed by atoms with van der Waals surface area (Å²) in [7, 11) is 0. The number of carbonyl (C=O) groups excluding carboxylic acids is 3. The van der Waals surface area contributed by atoms with Crippen molar-refractivity contribution >= 4 is 29.9 Å². The molecule has 192 valence electrons.